The lowest BCUT2D eigenvalue weighted by Gasteiger charge is -2.21. The average Bonchev–Trinajstić information content (AvgIpc) is 2.13. The van der Waals surface area contributed by atoms with E-state index in [2.05, 4.69) is 0 Å². The van der Waals surface area contributed by atoms with E-state index in [1.54, 1.807) is 0 Å². The van der Waals surface area contributed by atoms with Gasteiger partial charge in [-0.1, -0.05) is 17.7 Å². The van der Waals surface area contributed by atoms with Crippen molar-refractivity contribution in [1.29, 1.82) is 0 Å². The highest BCUT2D eigenvalue weighted by Gasteiger charge is 2.44. The van der Waals surface area contributed by atoms with Crippen LogP contribution in [0.5, 0.6) is 0 Å². The van der Waals surface area contributed by atoms with Crippen LogP contribution in [0.1, 0.15) is 17.2 Å². The number of rotatable bonds is 1. The lowest BCUT2D eigenvalue weighted by atomic mass is 10.00. The van der Waals surface area contributed by atoms with E-state index in [9.17, 15) is 26.3 Å². The van der Waals surface area contributed by atoms with Crippen LogP contribution in [-0.4, -0.2) is 6.18 Å². The molecule has 8 heteroatoms. The second kappa shape index (κ2) is 4.38. The SMILES string of the molecule is NC(c1c(Cl)cccc1C(F)(F)F)C(F)(F)F. The maximum absolute atomic E-state index is 12.5. The van der Waals surface area contributed by atoms with Crippen LogP contribution >= 0.6 is 11.6 Å². The molecule has 0 fully saturated rings. The van der Waals surface area contributed by atoms with Crippen molar-refractivity contribution in [3.63, 3.8) is 0 Å². The molecule has 0 heterocycles. The van der Waals surface area contributed by atoms with Gasteiger partial charge in [0.15, 0.2) is 0 Å². The Kier molecular flexibility index (Phi) is 3.63. The molecule has 17 heavy (non-hydrogen) atoms. The predicted molar refractivity (Wildman–Crippen MR) is 49.4 cm³/mol. The molecule has 1 atom stereocenters. The van der Waals surface area contributed by atoms with E-state index in [1.165, 1.54) is 0 Å². The van der Waals surface area contributed by atoms with E-state index in [0.29, 0.717) is 6.07 Å². The Labute approximate surface area is 97.2 Å². The molecule has 0 aliphatic heterocycles. The van der Waals surface area contributed by atoms with Crippen LogP contribution in [0.15, 0.2) is 18.2 Å². The van der Waals surface area contributed by atoms with Gasteiger partial charge in [-0.25, -0.2) is 0 Å². The number of halogens is 7. The number of alkyl halides is 6. The standard InChI is InChI=1S/C9H6ClF6N/c10-5-3-1-2-4(8(11,12)13)6(5)7(17)9(14,15)16/h1-3,7H,17H2. The van der Waals surface area contributed by atoms with Crippen LogP contribution in [-0.2, 0) is 6.18 Å². The lowest BCUT2D eigenvalue weighted by Crippen LogP contribution is -2.31. The molecule has 2 N–H and O–H groups in total. The predicted octanol–water partition coefficient (Wildman–Crippen LogP) is 3.92. The summed E-state index contributed by atoms with van der Waals surface area (Å²) in [6, 6.07) is -0.421. The normalized spacial score (nSPS) is 14.8. The van der Waals surface area contributed by atoms with E-state index < -0.39 is 34.5 Å². The van der Waals surface area contributed by atoms with Crippen LogP contribution in [0.25, 0.3) is 0 Å². The van der Waals surface area contributed by atoms with Gasteiger partial charge in [-0.2, -0.15) is 26.3 Å². The van der Waals surface area contributed by atoms with Crippen molar-refractivity contribution in [3.8, 4) is 0 Å². The Bertz CT molecular complexity index is 411. The third kappa shape index (κ3) is 3.04. The summed E-state index contributed by atoms with van der Waals surface area (Å²) in [7, 11) is 0. The molecule has 1 aromatic rings. The number of hydrogen-bond acceptors (Lipinski definition) is 1. The summed E-state index contributed by atoms with van der Waals surface area (Å²) >= 11 is 5.36. The van der Waals surface area contributed by atoms with Gasteiger partial charge in [0.25, 0.3) is 0 Å². The molecule has 0 saturated carbocycles. The van der Waals surface area contributed by atoms with Gasteiger partial charge in [-0.3, -0.25) is 0 Å². The summed E-state index contributed by atoms with van der Waals surface area (Å²) in [6.07, 6.45) is -9.94. The third-order valence-electron chi connectivity index (χ3n) is 2.02. The van der Waals surface area contributed by atoms with Gasteiger partial charge in [-0.15, -0.1) is 0 Å². The molecule has 0 bridgehead atoms. The maximum atomic E-state index is 12.5. The van der Waals surface area contributed by atoms with Crippen LogP contribution in [0.4, 0.5) is 26.3 Å². The van der Waals surface area contributed by atoms with Crippen molar-refractivity contribution < 1.29 is 26.3 Å². The topological polar surface area (TPSA) is 26.0 Å². The maximum Gasteiger partial charge on any atom is 0.416 e. The Morgan fingerprint density at radius 3 is 2.00 bits per heavy atom. The highest BCUT2D eigenvalue weighted by molar-refractivity contribution is 6.31. The van der Waals surface area contributed by atoms with Crippen molar-refractivity contribution in [3.05, 3.63) is 34.3 Å². The molecule has 1 aromatic carbocycles. The van der Waals surface area contributed by atoms with E-state index in [-0.39, 0.29) is 0 Å². The lowest BCUT2D eigenvalue weighted by molar-refractivity contribution is -0.155. The highest BCUT2D eigenvalue weighted by atomic mass is 35.5. The third-order valence-corrected chi connectivity index (χ3v) is 2.35. The summed E-state index contributed by atoms with van der Waals surface area (Å²) < 4.78 is 74.5. The molecule has 0 aliphatic carbocycles. The average molecular weight is 278 g/mol. The van der Waals surface area contributed by atoms with E-state index in [4.69, 9.17) is 17.3 Å². The van der Waals surface area contributed by atoms with E-state index in [0.717, 1.165) is 12.1 Å². The number of nitrogens with two attached hydrogens (primary N) is 1. The van der Waals surface area contributed by atoms with Gasteiger partial charge in [0, 0.05) is 10.6 Å². The van der Waals surface area contributed by atoms with E-state index in [1.807, 2.05) is 0 Å². The number of hydrogen-bond donors (Lipinski definition) is 1. The van der Waals surface area contributed by atoms with Crippen LogP contribution in [0, 0.1) is 0 Å². The first-order valence-corrected chi connectivity index (χ1v) is 4.61. The number of benzene rings is 1. The molecule has 0 saturated heterocycles. The zero-order valence-corrected chi connectivity index (χ0v) is 8.79. The first kappa shape index (κ1) is 14.1. The van der Waals surface area contributed by atoms with Gasteiger partial charge in [-0.05, 0) is 12.1 Å². The van der Waals surface area contributed by atoms with Crippen molar-refractivity contribution >= 4 is 11.6 Å². The summed E-state index contributed by atoms with van der Waals surface area (Å²) in [5, 5.41) is -0.662. The largest absolute Gasteiger partial charge is 0.416 e. The van der Waals surface area contributed by atoms with Gasteiger partial charge in [0.1, 0.15) is 6.04 Å². The molecule has 0 aliphatic rings. The zero-order chi connectivity index (χ0) is 13.4. The van der Waals surface area contributed by atoms with Crippen LogP contribution in [0.2, 0.25) is 5.02 Å². The molecule has 0 spiro atoms. The molecule has 1 nitrogen and oxygen atoms in total. The van der Waals surface area contributed by atoms with Gasteiger partial charge in [0.2, 0.25) is 0 Å². The van der Waals surface area contributed by atoms with E-state index >= 15 is 0 Å². The van der Waals surface area contributed by atoms with Gasteiger partial charge in [0.05, 0.1) is 5.56 Å². The smallest absolute Gasteiger partial charge is 0.316 e. The summed E-state index contributed by atoms with van der Waals surface area (Å²) in [5.41, 5.74) is 2.13. The summed E-state index contributed by atoms with van der Waals surface area (Å²) in [6.45, 7) is 0. The van der Waals surface area contributed by atoms with Crippen molar-refractivity contribution in [1.82, 2.24) is 0 Å². The first-order valence-electron chi connectivity index (χ1n) is 4.23. The minimum absolute atomic E-state index is 0.507. The fourth-order valence-electron chi connectivity index (χ4n) is 1.26. The second-order valence-corrected chi connectivity index (χ2v) is 3.63. The minimum atomic E-state index is -5.00. The monoisotopic (exact) mass is 277 g/mol. The zero-order valence-electron chi connectivity index (χ0n) is 8.03. The molecular formula is C9H6ClF6N. The molecule has 0 amide bonds. The van der Waals surface area contributed by atoms with Crippen LogP contribution in [0.3, 0.4) is 0 Å². The molecule has 0 aromatic heterocycles. The molecule has 0 radical (unpaired) electrons. The van der Waals surface area contributed by atoms with Gasteiger partial charge >= 0.3 is 12.4 Å². The fourth-order valence-corrected chi connectivity index (χ4v) is 1.56. The second-order valence-electron chi connectivity index (χ2n) is 3.22. The quantitative estimate of drug-likeness (QED) is 0.774. The fraction of sp³-hybridized carbons (Fsp3) is 0.333. The van der Waals surface area contributed by atoms with Crippen molar-refractivity contribution in [2.45, 2.75) is 18.4 Å². The molecule has 96 valence electrons. The molecular weight excluding hydrogens is 272 g/mol. The van der Waals surface area contributed by atoms with Crippen molar-refractivity contribution in [2.75, 3.05) is 0 Å². The Hall–Kier alpha value is -0.950. The Morgan fingerprint density at radius 2 is 1.59 bits per heavy atom. The van der Waals surface area contributed by atoms with Gasteiger partial charge < -0.3 is 5.73 Å². The highest BCUT2D eigenvalue weighted by Crippen LogP contribution is 2.42. The summed E-state index contributed by atoms with van der Waals surface area (Å²) in [4.78, 5) is 0. The summed E-state index contributed by atoms with van der Waals surface area (Å²) in [5.74, 6) is 0. The molecule has 1 rings (SSSR count). The minimum Gasteiger partial charge on any atom is -0.316 e. The van der Waals surface area contributed by atoms with Crippen LogP contribution < -0.4 is 5.73 Å². The Balaban J connectivity index is 3.41. The first-order chi connectivity index (χ1) is 7.55. The molecule has 1 unspecified atom stereocenters. The van der Waals surface area contributed by atoms with Crippen molar-refractivity contribution in [2.24, 2.45) is 5.73 Å². The Morgan fingerprint density at radius 1 is 1.06 bits per heavy atom.